The lowest BCUT2D eigenvalue weighted by atomic mass is 9.87. The maximum absolute atomic E-state index is 12.6. The molecule has 0 fully saturated rings. The Bertz CT molecular complexity index is 1130. The molecule has 1 aliphatic carbocycles. The molecule has 2 atom stereocenters. The highest BCUT2D eigenvalue weighted by Gasteiger charge is 2.26. The number of H-pyrrole nitrogens is 1. The van der Waals surface area contributed by atoms with Crippen molar-refractivity contribution in [3.05, 3.63) is 81.6 Å². The third-order valence-electron chi connectivity index (χ3n) is 5.30. The van der Waals surface area contributed by atoms with Crippen LogP contribution in [0.15, 0.2) is 59.4 Å². The molecule has 29 heavy (non-hydrogen) atoms. The number of carbonyl (C=O) groups is 2. The van der Waals surface area contributed by atoms with Crippen molar-refractivity contribution in [1.82, 2.24) is 10.3 Å². The van der Waals surface area contributed by atoms with E-state index in [1.807, 2.05) is 18.2 Å². The van der Waals surface area contributed by atoms with Gasteiger partial charge in [0.25, 0.3) is 5.91 Å². The summed E-state index contributed by atoms with van der Waals surface area (Å²) in [5.41, 5.74) is 2.65. The second kappa shape index (κ2) is 7.91. The van der Waals surface area contributed by atoms with Gasteiger partial charge in [-0.05, 0) is 49.4 Å². The molecule has 6 heteroatoms. The van der Waals surface area contributed by atoms with E-state index in [-0.39, 0.29) is 23.1 Å². The lowest BCUT2D eigenvalue weighted by Gasteiger charge is -2.27. The predicted octanol–water partition coefficient (Wildman–Crippen LogP) is 3.27. The predicted molar refractivity (Wildman–Crippen MR) is 110 cm³/mol. The zero-order valence-electron chi connectivity index (χ0n) is 16.1. The van der Waals surface area contributed by atoms with Crippen molar-refractivity contribution in [3.63, 3.8) is 0 Å². The number of carbonyl (C=O) groups excluding carboxylic acids is 2. The van der Waals surface area contributed by atoms with E-state index in [2.05, 4.69) is 16.4 Å². The first-order valence-corrected chi connectivity index (χ1v) is 9.74. The van der Waals surface area contributed by atoms with Crippen LogP contribution in [0.3, 0.4) is 0 Å². The normalized spacial score (nSPS) is 16.7. The van der Waals surface area contributed by atoms with E-state index in [0.29, 0.717) is 10.9 Å². The molecule has 0 unspecified atom stereocenters. The lowest BCUT2D eigenvalue weighted by Crippen LogP contribution is -2.39. The molecular weight excluding hydrogens is 368 g/mol. The molecule has 1 aliphatic rings. The average molecular weight is 390 g/mol. The summed E-state index contributed by atoms with van der Waals surface area (Å²) in [7, 11) is 0. The molecule has 3 aromatic rings. The van der Waals surface area contributed by atoms with E-state index in [1.54, 1.807) is 24.3 Å². The van der Waals surface area contributed by atoms with Crippen LogP contribution < -0.4 is 10.7 Å². The van der Waals surface area contributed by atoms with Crippen LogP contribution in [0, 0.1) is 0 Å². The number of aromatic amines is 1. The van der Waals surface area contributed by atoms with Crippen LogP contribution in [0.5, 0.6) is 0 Å². The summed E-state index contributed by atoms with van der Waals surface area (Å²) < 4.78 is 5.31. The number of nitrogens with one attached hydrogen (secondary N) is 2. The van der Waals surface area contributed by atoms with Gasteiger partial charge in [0.2, 0.25) is 0 Å². The molecular formula is C23H22N2O4. The molecule has 4 rings (SSSR count). The van der Waals surface area contributed by atoms with Crippen LogP contribution >= 0.6 is 0 Å². The Morgan fingerprint density at radius 3 is 2.76 bits per heavy atom. The van der Waals surface area contributed by atoms with Gasteiger partial charge in [-0.2, -0.15) is 0 Å². The fraction of sp³-hybridized carbons (Fsp3) is 0.261. The molecule has 0 spiro atoms. The number of hydrogen-bond donors (Lipinski definition) is 2. The van der Waals surface area contributed by atoms with Gasteiger partial charge in [0.15, 0.2) is 11.5 Å². The third kappa shape index (κ3) is 3.92. The maximum atomic E-state index is 12.6. The Hall–Kier alpha value is -3.41. The van der Waals surface area contributed by atoms with Gasteiger partial charge < -0.3 is 15.0 Å². The van der Waals surface area contributed by atoms with Crippen LogP contribution in [0.1, 0.15) is 47.4 Å². The summed E-state index contributed by atoms with van der Waals surface area (Å²) in [6.45, 7) is 1.53. The van der Waals surface area contributed by atoms with Gasteiger partial charge in [-0.3, -0.25) is 9.59 Å². The minimum atomic E-state index is -0.980. The number of ether oxygens (including phenoxy) is 1. The molecule has 1 amide bonds. The fourth-order valence-electron chi connectivity index (χ4n) is 3.78. The monoisotopic (exact) mass is 390 g/mol. The number of fused-ring (bicyclic) bond motifs is 2. The molecule has 6 nitrogen and oxygen atoms in total. The second-order valence-corrected chi connectivity index (χ2v) is 7.29. The van der Waals surface area contributed by atoms with Crippen LogP contribution in [0.2, 0.25) is 0 Å². The largest absolute Gasteiger partial charge is 0.448 e. The van der Waals surface area contributed by atoms with Crippen LogP contribution in [-0.2, 0) is 16.0 Å². The highest BCUT2D eigenvalue weighted by molar-refractivity contribution is 5.93. The summed E-state index contributed by atoms with van der Waals surface area (Å²) in [6.07, 6.45) is 1.87. The number of pyridine rings is 1. The minimum absolute atomic E-state index is 0.0244. The van der Waals surface area contributed by atoms with Crippen molar-refractivity contribution in [2.75, 3.05) is 0 Å². The van der Waals surface area contributed by atoms with Gasteiger partial charge in [-0.15, -0.1) is 0 Å². The first kappa shape index (κ1) is 18.9. The summed E-state index contributed by atoms with van der Waals surface area (Å²) in [6, 6.07) is 16.1. The quantitative estimate of drug-likeness (QED) is 0.669. The van der Waals surface area contributed by atoms with Crippen molar-refractivity contribution in [3.8, 4) is 0 Å². The van der Waals surface area contributed by atoms with Gasteiger partial charge in [-0.25, -0.2) is 4.79 Å². The highest BCUT2D eigenvalue weighted by atomic mass is 16.5. The second-order valence-electron chi connectivity index (χ2n) is 7.29. The van der Waals surface area contributed by atoms with E-state index in [1.165, 1.54) is 18.6 Å². The first-order chi connectivity index (χ1) is 14.0. The molecule has 148 valence electrons. The Kier molecular flexibility index (Phi) is 5.16. The van der Waals surface area contributed by atoms with Crippen molar-refractivity contribution in [1.29, 1.82) is 0 Å². The average Bonchev–Trinajstić information content (AvgIpc) is 2.74. The van der Waals surface area contributed by atoms with Crippen molar-refractivity contribution < 1.29 is 14.3 Å². The van der Waals surface area contributed by atoms with E-state index in [0.717, 1.165) is 24.8 Å². The molecule has 2 aromatic carbocycles. The van der Waals surface area contributed by atoms with E-state index in [9.17, 15) is 14.4 Å². The molecule has 0 saturated carbocycles. The molecule has 0 aliphatic heterocycles. The van der Waals surface area contributed by atoms with Gasteiger partial charge in [0, 0.05) is 17.0 Å². The molecule has 0 saturated heterocycles. The van der Waals surface area contributed by atoms with Gasteiger partial charge >= 0.3 is 5.97 Å². The van der Waals surface area contributed by atoms with Gasteiger partial charge in [0.1, 0.15) is 5.69 Å². The number of aromatic nitrogens is 1. The van der Waals surface area contributed by atoms with E-state index < -0.39 is 12.1 Å². The third-order valence-corrected chi connectivity index (χ3v) is 5.30. The smallest absolute Gasteiger partial charge is 0.355 e. The summed E-state index contributed by atoms with van der Waals surface area (Å²) in [4.78, 5) is 40.2. The minimum Gasteiger partial charge on any atom is -0.448 e. The van der Waals surface area contributed by atoms with Crippen LogP contribution in [0.25, 0.3) is 10.9 Å². The molecule has 2 N–H and O–H groups in total. The van der Waals surface area contributed by atoms with Gasteiger partial charge in [0.05, 0.1) is 6.04 Å². The van der Waals surface area contributed by atoms with Gasteiger partial charge in [-0.1, -0.05) is 36.4 Å². The van der Waals surface area contributed by atoms with Crippen LogP contribution in [0.4, 0.5) is 0 Å². The molecule has 0 bridgehead atoms. The van der Waals surface area contributed by atoms with Crippen molar-refractivity contribution in [2.45, 2.75) is 38.3 Å². The zero-order valence-corrected chi connectivity index (χ0v) is 16.1. The Labute approximate surface area is 167 Å². The topological polar surface area (TPSA) is 88.3 Å². The molecule has 1 aromatic heterocycles. The van der Waals surface area contributed by atoms with Crippen molar-refractivity contribution in [2.24, 2.45) is 0 Å². The summed E-state index contributed by atoms with van der Waals surface area (Å²) in [5.74, 6) is -1.09. The zero-order chi connectivity index (χ0) is 20.4. The number of esters is 1. The molecule has 1 heterocycles. The lowest BCUT2D eigenvalue weighted by molar-refractivity contribution is -0.130. The number of aryl methyl sites for hydroxylation is 1. The van der Waals surface area contributed by atoms with Crippen molar-refractivity contribution >= 4 is 22.8 Å². The number of hydrogen-bond acceptors (Lipinski definition) is 4. The Morgan fingerprint density at radius 1 is 1.14 bits per heavy atom. The maximum Gasteiger partial charge on any atom is 0.355 e. The SMILES string of the molecule is C[C@H](OC(=O)c1cc(=O)c2ccccc2[nH]1)C(=O)N[C@@H]1CCCc2ccccc21. The Morgan fingerprint density at radius 2 is 1.90 bits per heavy atom. The number of amides is 1. The fourth-order valence-corrected chi connectivity index (χ4v) is 3.78. The first-order valence-electron chi connectivity index (χ1n) is 9.74. The highest BCUT2D eigenvalue weighted by Crippen LogP contribution is 2.29. The van der Waals surface area contributed by atoms with E-state index >= 15 is 0 Å². The standard InChI is InChI=1S/C23H22N2O4/c1-14(22(27)25-18-12-6-8-15-7-2-3-9-16(15)18)29-23(28)20-13-21(26)17-10-4-5-11-19(17)24-20/h2-5,7,9-11,13-14,18H,6,8,12H2,1H3,(H,24,26)(H,25,27)/t14-,18+/m0/s1. The molecule has 0 radical (unpaired) electrons. The van der Waals surface area contributed by atoms with E-state index in [4.69, 9.17) is 4.74 Å². The Balaban J connectivity index is 1.45. The number of benzene rings is 2. The number of rotatable bonds is 4. The summed E-state index contributed by atoms with van der Waals surface area (Å²) in [5, 5.41) is 3.48. The number of para-hydroxylation sites is 1. The summed E-state index contributed by atoms with van der Waals surface area (Å²) >= 11 is 0. The van der Waals surface area contributed by atoms with Crippen LogP contribution in [-0.4, -0.2) is 23.0 Å².